The molecule has 0 radical (unpaired) electrons. The third kappa shape index (κ3) is 3.51. The Balaban J connectivity index is 1.51. The van der Waals surface area contributed by atoms with E-state index in [1.165, 1.54) is 5.56 Å². The van der Waals surface area contributed by atoms with Gasteiger partial charge in [-0.3, -0.25) is 0 Å². The van der Waals surface area contributed by atoms with E-state index >= 15 is 0 Å². The molecule has 0 N–H and O–H groups in total. The quantitative estimate of drug-likeness (QED) is 0.520. The molecule has 0 spiro atoms. The number of nitrogens with zero attached hydrogens (tertiary/aromatic N) is 4. The molecule has 4 rings (SSSR count). The van der Waals surface area contributed by atoms with Gasteiger partial charge in [0.05, 0.1) is 6.21 Å². The van der Waals surface area contributed by atoms with Crippen LogP contribution in [0.5, 0.6) is 11.5 Å². The van der Waals surface area contributed by atoms with E-state index in [0.29, 0.717) is 0 Å². The molecule has 25 heavy (non-hydrogen) atoms. The van der Waals surface area contributed by atoms with E-state index < -0.39 is 0 Å². The average molecular weight is 352 g/mol. The zero-order valence-corrected chi connectivity index (χ0v) is 14.4. The molecule has 0 unspecified atom stereocenters. The summed E-state index contributed by atoms with van der Waals surface area (Å²) in [4.78, 5) is 0. The number of ether oxygens (including phenoxy) is 2. The van der Waals surface area contributed by atoms with Crippen LogP contribution in [0, 0.1) is 6.92 Å². The Kier molecular flexibility index (Phi) is 4.39. The summed E-state index contributed by atoms with van der Waals surface area (Å²) >= 11 is 1.61. The lowest BCUT2D eigenvalue weighted by Crippen LogP contribution is -1.96. The maximum absolute atomic E-state index is 5.39. The van der Waals surface area contributed by atoms with Gasteiger partial charge in [0, 0.05) is 5.75 Å². The number of rotatable bonds is 5. The van der Waals surface area contributed by atoms with Gasteiger partial charge in [0.25, 0.3) is 0 Å². The summed E-state index contributed by atoms with van der Waals surface area (Å²) in [6.45, 7) is 2.15. The van der Waals surface area contributed by atoms with Crippen LogP contribution < -0.4 is 9.47 Å². The second kappa shape index (κ2) is 6.98. The lowest BCUT2D eigenvalue weighted by Gasteiger charge is -2.03. The van der Waals surface area contributed by atoms with E-state index in [0.717, 1.165) is 33.8 Å². The fraction of sp³-hybridized carbons (Fsp3) is 0.167. The van der Waals surface area contributed by atoms with Crippen LogP contribution >= 0.6 is 11.8 Å². The SMILES string of the molecule is Cc1nnc(SCc2ccccc2)n1/N=C\c1ccc2c(c1)OCO2. The highest BCUT2D eigenvalue weighted by Crippen LogP contribution is 2.32. The van der Waals surface area contributed by atoms with Crippen LogP contribution in [0.15, 0.2) is 58.8 Å². The first-order valence-corrected chi connectivity index (χ1v) is 8.81. The van der Waals surface area contributed by atoms with Crippen molar-refractivity contribution in [1.29, 1.82) is 0 Å². The number of benzene rings is 2. The molecule has 6 nitrogen and oxygen atoms in total. The molecule has 0 saturated heterocycles. The molecule has 0 fully saturated rings. The van der Waals surface area contributed by atoms with Crippen molar-refractivity contribution in [3.8, 4) is 11.5 Å². The van der Waals surface area contributed by atoms with Crippen LogP contribution in [-0.2, 0) is 5.75 Å². The minimum Gasteiger partial charge on any atom is -0.454 e. The molecule has 1 aliphatic rings. The summed E-state index contributed by atoms with van der Waals surface area (Å²) in [6, 6.07) is 16.0. The van der Waals surface area contributed by atoms with Crippen LogP contribution in [0.2, 0.25) is 0 Å². The molecule has 3 aromatic rings. The van der Waals surface area contributed by atoms with Crippen molar-refractivity contribution in [2.75, 3.05) is 6.79 Å². The predicted molar refractivity (Wildman–Crippen MR) is 96.3 cm³/mol. The molecule has 126 valence electrons. The van der Waals surface area contributed by atoms with Gasteiger partial charge in [-0.25, -0.2) is 0 Å². The number of fused-ring (bicyclic) bond motifs is 1. The van der Waals surface area contributed by atoms with Crippen LogP contribution in [0.1, 0.15) is 17.0 Å². The highest BCUT2D eigenvalue weighted by atomic mass is 32.2. The first-order chi connectivity index (χ1) is 12.3. The zero-order chi connectivity index (χ0) is 17.1. The van der Waals surface area contributed by atoms with Crippen molar-refractivity contribution in [2.45, 2.75) is 17.8 Å². The van der Waals surface area contributed by atoms with E-state index in [2.05, 4.69) is 27.4 Å². The topological polar surface area (TPSA) is 61.5 Å². The van der Waals surface area contributed by atoms with Gasteiger partial charge < -0.3 is 9.47 Å². The van der Waals surface area contributed by atoms with E-state index in [9.17, 15) is 0 Å². The van der Waals surface area contributed by atoms with Crippen LogP contribution in [-0.4, -0.2) is 27.9 Å². The van der Waals surface area contributed by atoms with Crippen molar-refractivity contribution < 1.29 is 9.47 Å². The Morgan fingerprint density at radius 1 is 1.12 bits per heavy atom. The molecule has 0 atom stereocenters. The Bertz CT molecular complexity index is 909. The van der Waals surface area contributed by atoms with Crippen molar-refractivity contribution in [3.05, 3.63) is 65.5 Å². The fourth-order valence-corrected chi connectivity index (χ4v) is 3.29. The average Bonchev–Trinajstić information content (AvgIpc) is 3.25. The smallest absolute Gasteiger partial charge is 0.231 e. The Labute approximate surface area is 149 Å². The number of hydrogen-bond donors (Lipinski definition) is 0. The van der Waals surface area contributed by atoms with Crippen LogP contribution in [0.3, 0.4) is 0 Å². The second-order valence-corrected chi connectivity index (χ2v) is 6.42. The van der Waals surface area contributed by atoms with Gasteiger partial charge in [0.15, 0.2) is 17.3 Å². The summed E-state index contributed by atoms with van der Waals surface area (Å²) in [5, 5.41) is 13.6. The first-order valence-electron chi connectivity index (χ1n) is 7.82. The molecule has 2 heterocycles. The fourth-order valence-electron chi connectivity index (χ4n) is 2.40. The highest BCUT2D eigenvalue weighted by Gasteiger charge is 2.13. The summed E-state index contributed by atoms with van der Waals surface area (Å²) in [5.41, 5.74) is 2.16. The molecule has 1 aromatic heterocycles. The Morgan fingerprint density at radius 2 is 1.96 bits per heavy atom. The van der Waals surface area contributed by atoms with Gasteiger partial charge in [-0.1, -0.05) is 42.1 Å². The van der Waals surface area contributed by atoms with Crippen molar-refractivity contribution in [1.82, 2.24) is 14.9 Å². The van der Waals surface area contributed by atoms with E-state index in [4.69, 9.17) is 9.47 Å². The number of aromatic nitrogens is 3. The van der Waals surface area contributed by atoms with Gasteiger partial charge in [-0.2, -0.15) is 9.78 Å². The summed E-state index contributed by atoms with van der Waals surface area (Å²) in [5.74, 6) is 3.06. The molecular formula is C18H16N4O2S. The summed E-state index contributed by atoms with van der Waals surface area (Å²) < 4.78 is 12.5. The number of thioether (sulfide) groups is 1. The van der Waals surface area contributed by atoms with E-state index in [-0.39, 0.29) is 6.79 Å². The van der Waals surface area contributed by atoms with Crippen molar-refractivity contribution >= 4 is 18.0 Å². The molecule has 0 aliphatic carbocycles. The lowest BCUT2D eigenvalue weighted by molar-refractivity contribution is 0.174. The normalized spacial score (nSPS) is 12.8. The van der Waals surface area contributed by atoms with Crippen LogP contribution in [0.25, 0.3) is 0 Å². The van der Waals surface area contributed by atoms with Gasteiger partial charge in [0.1, 0.15) is 0 Å². The zero-order valence-electron chi connectivity index (χ0n) is 13.6. The summed E-state index contributed by atoms with van der Waals surface area (Å²) in [7, 11) is 0. The van der Waals surface area contributed by atoms with Gasteiger partial charge in [-0.05, 0) is 36.2 Å². The third-order valence-corrected chi connectivity index (χ3v) is 4.69. The summed E-state index contributed by atoms with van der Waals surface area (Å²) in [6.07, 6.45) is 1.77. The minimum atomic E-state index is 0.265. The molecule has 0 amide bonds. The Hall–Kier alpha value is -2.80. The highest BCUT2D eigenvalue weighted by molar-refractivity contribution is 7.98. The molecule has 0 bridgehead atoms. The molecule has 7 heteroatoms. The number of aryl methyl sites for hydroxylation is 1. The maximum Gasteiger partial charge on any atom is 0.231 e. The van der Waals surface area contributed by atoms with Gasteiger partial charge >= 0.3 is 0 Å². The monoisotopic (exact) mass is 352 g/mol. The van der Waals surface area contributed by atoms with Gasteiger partial charge in [-0.15, -0.1) is 10.2 Å². The Morgan fingerprint density at radius 3 is 2.84 bits per heavy atom. The maximum atomic E-state index is 5.39. The molecular weight excluding hydrogens is 336 g/mol. The largest absolute Gasteiger partial charge is 0.454 e. The molecule has 1 aliphatic heterocycles. The standard InChI is InChI=1S/C18H16N4O2S/c1-13-20-21-18(25-11-14-5-3-2-4-6-14)22(13)19-10-15-7-8-16-17(9-15)24-12-23-16/h2-10H,11-12H2,1H3/b19-10-. The predicted octanol–water partition coefficient (Wildman–Crippen LogP) is 3.49. The lowest BCUT2D eigenvalue weighted by atomic mass is 10.2. The third-order valence-electron chi connectivity index (χ3n) is 3.70. The van der Waals surface area contributed by atoms with E-state index in [1.807, 2.05) is 43.3 Å². The number of hydrogen-bond acceptors (Lipinski definition) is 6. The van der Waals surface area contributed by atoms with Gasteiger partial charge in [0.2, 0.25) is 11.9 Å². The van der Waals surface area contributed by atoms with Crippen LogP contribution in [0.4, 0.5) is 0 Å². The van der Waals surface area contributed by atoms with Crippen molar-refractivity contribution in [2.24, 2.45) is 5.10 Å². The van der Waals surface area contributed by atoms with Crippen molar-refractivity contribution in [3.63, 3.8) is 0 Å². The molecule has 0 saturated carbocycles. The second-order valence-electron chi connectivity index (χ2n) is 5.47. The minimum absolute atomic E-state index is 0.265. The van der Waals surface area contributed by atoms with E-state index in [1.54, 1.807) is 22.7 Å². The first kappa shape index (κ1) is 15.7. The molecule has 2 aromatic carbocycles.